The lowest BCUT2D eigenvalue weighted by Gasteiger charge is -2.32. The number of carbonyl (C=O) groups excluding carboxylic acids is 1. The van der Waals surface area contributed by atoms with Crippen LogP contribution in [0.1, 0.15) is 29.7 Å². The molecular formula is C26H26ClN3O4S2. The summed E-state index contributed by atoms with van der Waals surface area (Å²) in [6.45, 7) is 4.88. The fourth-order valence-corrected chi connectivity index (χ4v) is 7.33. The number of carbonyl (C=O) groups is 1. The Morgan fingerprint density at radius 1 is 1.17 bits per heavy atom. The van der Waals surface area contributed by atoms with Crippen molar-refractivity contribution in [3.63, 3.8) is 0 Å². The van der Waals surface area contributed by atoms with E-state index in [0.717, 1.165) is 21.3 Å². The third-order valence-electron chi connectivity index (χ3n) is 6.46. The van der Waals surface area contributed by atoms with Crippen molar-refractivity contribution < 1.29 is 17.6 Å². The number of aryl methyl sites for hydroxylation is 2. The molecule has 36 heavy (non-hydrogen) atoms. The fraction of sp³-hybridized carbons (Fsp3) is 0.308. The molecule has 2 aromatic carbocycles. The van der Waals surface area contributed by atoms with Crippen molar-refractivity contribution in [1.29, 1.82) is 0 Å². The summed E-state index contributed by atoms with van der Waals surface area (Å²) in [6.07, 6.45) is 2.45. The van der Waals surface area contributed by atoms with Crippen LogP contribution in [0.4, 0.5) is 5.13 Å². The fourth-order valence-electron chi connectivity index (χ4n) is 4.59. The number of piperidine rings is 1. The van der Waals surface area contributed by atoms with Gasteiger partial charge in [0.15, 0.2) is 5.13 Å². The topological polar surface area (TPSA) is 83.7 Å². The molecule has 1 saturated heterocycles. The summed E-state index contributed by atoms with van der Waals surface area (Å²) >= 11 is 7.40. The highest BCUT2D eigenvalue weighted by atomic mass is 35.5. The average Bonchev–Trinajstić information content (AvgIpc) is 3.52. The van der Waals surface area contributed by atoms with Crippen molar-refractivity contribution in [1.82, 2.24) is 9.29 Å². The second kappa shape index (κ2) is 9.97. The zero-order valence-electron chi connectivity index (χ0n) is 20.0. The minimum Gasteiger partial charge on any atom is -0.467 e. The van der Waals surface area contributed by atoms with E-state index >= 15 is 0 Å². The molecule has 1 aliphatic rings. The van der Waals surface area contributed by atoms with Gasteiger partial charge in [-0.15, -0.1) is 0 Å². The van der Waals surface area contributed by atoms with E-state index in [2.05, 4.69) is 12.1 Å². The molecule has 7 nitrogen and oxygen atoms in total. The molecule has 1 aliphatic heterocycles. The van der Waals surface area contributed by atoms with Gasteiger partial charge >= 0.3 is 0 Å². The Labute approximate surface area is 219 Å². The van der Waals surface area contributed by atoms with Crippen molar-refractivity contribution in [3.05, 3.63) is 76.7 Å². The molecule has 0 aliphatic carbocycles. The van der Waals surface area contributed by atoms with Crippen LogP contribution < -0.4 is 4.90 Å². The van der Waals surface area contributed by atoms with Crippen molar-refractivity contribution in [3.8, 4) is 0 Å². The third-order valence-corrected chi connectivity index (χ3v) is 9.65. The van der Waals surface area contributed by atoms with Crippen LogP contribution in [0.3, 0.4) is 0 Å². The SMILES string of the molecule is Cc1cc(C)c2nc(N(Cc3ccco3)C(=O)C3CCN(S(=O)(=O)c4ccc(Cl)cc4)CC3)sc2c1. The number of fused-ring (bicyclic) bond motifs is 1. The van der Waals surface area contributed by atoms with Gasteiger partial charge in [0.25, 0.3) is 0 Å². The van der Waals surface area contributed by atoms with Crippen molar-refractivity contribution in [2.75, 3.05) is 18.0 Å². The van der Waals surface area contributed by atoms with Gasteiger partial charge in [-0.2, -0.15) is 4.31 Å². The Kier molecular flexibility index (Phi) is 6.91. The highest BCUT2D eigenvalue weighted by Crippen LogP contribution is 2.35. The number of aromatic nitrogens is 1. The molecule has 1 fully saturated rings. The normalized spacial score (nSPS) is 15.4. The van der Waals surface area contributed by atoms with Crippen LogP contribution in [0, 0.1) is 19.8 Å². The molecule has 0 saturated carbocycles. The van der Waals surface area contributed by atoms with Gasteiger partial charge in [-0.25, -0.2) is 13.4 Å². The van der Waals surface area contributed by atoms with Gasteiger partial charge in [0.05, 0.1) is 27.9 Å². The number of benzene rings is 2. The lowest BCUT2D eigenvalue weighted by Crippen LogP contribution is -2.44. The molecule has 0 spiro atoms. The summed E-state index contributed by atoms with van der Waals surface area (Å²) in [7, 11) is -3.64. The molecular weight excluding hydrogens is 518 g/mol. The van der Waals surface area contributed by atoms with E-state index in [0.29, 0.717) is 28.8 Å². The standard InChI is InChI=1S/C26H26ClN3O4S2/c1-17-14-18(2)24-23(15-17)35-26(28-24)30(16-21-4-3-13-34-21)25(31)19-9-11-29(12-10-19)36(32,33)22-7-5-20(27)6-8-22/h3-8,13-15,19H,9-12,16H2,1-2H3. The Bertz CT molecular complexity index is 1490. The molecule has 2 aromatic heterocycles. The number of sulfonamides is 1. The number of rotatable bonds is 6. The average molecular weight is 544 g/mol. The van der Waals surface area contributed by atoms with Crippen molar-refractivity contribution in [2.45, 2.75) is 38.1 Å². The van der Waals surface area contributed by atoms with Crippen LogP contribution in [0.15, 0.2) is 64.1 Å². The number of furan rings is 1. The van der Waals surface area contributed by atoms with E-state index in [9.17, 15) is 13.2 Å². The molecule has 1 amide bonds. The maximum Gasteiger partial charge on any atom is 0.243 e. The van der Waals surface area contributed by atoms with E-state index in [1.54, 1.807) is 29.4 Å². The van der Waals surface area contributed by atoms with Gasteiger partial charge < -0.3 is 4.42 Å². The van der Waals surface area contributed by atoms with E-state index in [1.165, 1.54) is 27.8 Å². The van der Waals surface area contributed by atoms with Gasteiger partial charge in [0, 0.05) is 24.0 Å². The Morgan fingerprint density at radius 3 is 2.56 bits per heavy atom. The lowest BCUT2D eigenvalue weighted by atomic mass is 9.96. The van der Waals surface area contributed by atoms with Gasteiger partial charge in [-0.05, 0) is 80.3 Å². The van der Waals surface area contributed by atoms with E-state index < -0.39 is 10.0 Å². The summed E-state index contributed by atoms with van der Waals surface area (Å²) in [4.78, 5) is 20.5. The summed E-state index contributed by atoms with van der Waals surface area (Å²) in [5, 5.41) is 1.10. The predicted molar refractivity (Wildman–Crippen MR) is 142 cm³/mol. The van der Waals surface area contributed by atoms with Crippen LogP contribution in [-0.2, 0) is 21.4 Å². The molecule has 10 heteroatoms. The molecule has 0 radical (unpaired) electrons. The number of nitrogens with zero attached hydrogens (tertiary/aromatic N) is 3. The first-order chi connectivity index (χ1) is 17.2. The molecule has 188 valence electrons. The first-order valence-electron chi connectivity index (χ1n) is 11.7. The maximum absolute atomic E-state index is 13.8. The second-order valence-corrected chi connectivity index (χ2v) is 12.4. The molecule has 4 aromatic rings. The van der Waals surface area contributed by atoms with Crippen molar-refractivity contribution >= 4 is 54.2 Å². The van der Waals surface area contributed by atoms with Gasteiger partial charge in [0.1, 0.15) is 5.76 Å². The Hall–Kier alpha value is -2.72. The number of amides is 1. The number of anilines is 1. The molecule has 0 unspecified atom stereocenters. The van der Waals surface area contributed by atoms with Crippen LogP contribution in [-0.4, -0.2) is 36.7 Å². The summed E-state index contributed by atoms with van der Waals surface area (Å²) < 4.78 is 34.2. The zero-order chi connectivity index (χ0) is 25.4. The zero-order valence-corrected chi connectivity index (χ0v) is 22.4. The molecule has 5 rings (SSSR count). The van der Waals surface area contributed by atoms with E-state index in [1.807, 2.05) is 19.9 Å². The van der Waals surface area contributed by atoms with Crippen LogP contribution in [0.5, 0.6) is 0 Å². The van der Waals surface area contributed by atoms with Gasteiger partial charge in [-0.3, -0.25) is 9.69 Å². The summed E-state index contributed by atoms with van der Waals surface area (Å²) in [6, 6.07) is 14.0. The minimum atomic E-state index is -3.64. The number of thiazole rings is 1. The van der Waals surface area contributed by atoms with Gasteiger partial charge in [-0.1, -0.05) is 29.0 Å². The van der Waals surface area contributed by atoms with Crippen LogP contribution in [0.25, 0.3) is 10.2 Å². The monoisotopic (exact) mass is 543 g/mol. The van der Waals surface area contributed by atoms with E-state index in [4.69, 9.17) is 21.0 Å². The smallest absolute Gasteiger partial charge is 0.243 e. The Balaban J connectivity index is 1.37. The minimum absolute atomic E-state index is 0.0663. The number of hydrogen-bond acceptors (Lipinski definition) is 6. The van der Waals surface area contributed by atoms with Crippen LogP contribution >= 0.6 is 22.9 Å². The van der Waals surface area contributed by atoms with Crippen LogP contribution in [0.2, 0.25) is 5.02 Å². The first-order valence-corrected chi connectivity index (χ1v) is 14.3. The Morgan fingerprint density at radius 2 is 1.89 bits per heavy atom. The van der Waals surface area contributed by atoms with Gasteiger partial charge in [0.2, 0.25) is 15.9 Å². The largest absolute Gasteiger partial charge is 0.467 e. The third kappa shape index (κ3) is 4.93. The molecule has 0 N–H and O–H groups in total. The summed E-state index contributed by atoms with van der Waals surface area (Å²) in [5.41, 5.74) is 3.11. The highest BCUT2D eigenvalue weighted by molar-refractivity contribution is 7.89. The molecule has 3 heterocycles. The quantitative estimate of drug-likeness (QED) is 0.307. The summed E-state index contributed by atoms with van der Waals surface area (Å²) in [5.74, 6) is 0.285. The number of hydrogen-bond donors (Lipinski definition) is 0. The lowest BCUT2D eigenvalue weighted by molar-refractivity contribution is -0.123. The maximum atomic E-state index is 13.8. The molecule has 0 bridgehead atoms. The first kappa shape index (κ1) is 25.0. The van der Waals surface area contributed by atoms with Crippen molar-refractivity contribution in [2.24, 2.45) is 5.92 Å². The number of halogens is 1. The second-order valence-electron chi connectivity index (χ2n) is 9.06. The predicted octanol–water partition coefficient (Wildman–Crippen LogP) is 5.79. The molecule has 0 atom stereocenters. The highest BCUT2D eigenvalue weighted by Gasteiger charge is 2.35. The van der Waals surface area contributed by atoms with E-state index in [-0.39, 0.29) is 36.4 Å².